The average Bonchev–Trinajstić information content (AvgIpc) is 2.44. The van der Waals surface area contributed by atoms with Crippen LogP contribution in [0.2, 0.25) is 0 Å². The van der Waals surface area contributed by atoms with Gasteiger partial charge < -0.3 is 0 Å². The van der Waals surface area contributed by atoms with E-state index in [1.54, 1.807) is 0 Å². The number of aldehydes is 1. The van der Waals surface area contributed by atoms with Crippen molar-refractivity contribution in [3.05, 3.63) is 0 Å². The van der Waals surface area contributed by atoms with Gasteiger partial charge in [0, 0.05) is 0 Å². The summed E-state index contributed by atoms with van der Waals surface area (Å²) in [7, 11) is 0. The monoisotopic (exact) mass is 324 g/mol. The van der Waals surface area contributed by atoms with Gasteiger partial charge in [-0.2, -0.15) is 0 Å². The Bertz CT molecular complexity index is 83.0. The predicted molar refractivity (Wildman–Crippen MR) is 30.8 cm³/mol. The normalized spacial score (nSPS) is 33.0. The summed E-state index contributed by atoms with van der Waals surface area (Å²) in [5.41, 5.74) is 0. The van der Waals surface area contributed by atoms with E-state index in [0.29, 0.717) is 4.05 Å². The van der Waals surface area contributed by atoms with Gasteiger partial charge in [-0.05, 0) is 0 Å². The zero-order valence-electron chi connectivity index (χ0n) is 3.40. The molecule has 1 fully saturated rings. The van der Waals surface area contributed by atoms with E-state index >= 15 is 0 Å². The molecule has 2 nitrogen and oxygen atoms in total. The molecule has 2 unspecified atom stereocenters. The molecule has 0 amide bonds. The fraction of sp³-hybridized carbons (Fsp3) is 0.667. The SMILES string of the molecule is O=CC(I)C1N[I-]1. The van der Waals surface area contributed by atoms with Crippen molar-refractivity contribution in [2.24, 2.45) is 0 Å². The van der Waals surface area contributed by atoms with Crippen molar-refractivity contribution in [3.8, 4) is 0 Å². The molecule has 1 heterocycles. The molecule has 1 saturated heterocycles. The van der Waals surface area contributed by atoms with E-state index in [-0.39, 0.29) is 25.4 Å². The Morgan fingerprint density at radius 3 is 2.71 bits per heavy atom. The Labute approximate surface area is 66.2 Å². The van der Waals surface area contributed by atoms with Gasteiger partial charge in [0.1, 0.15) is 0 Å². The number of rotatable bonds is 2. The van der Waals surface area contributed by atoms with E-state index in [0.717, 1.165) is 6.29 Å². The molecule has 7 heavy (non-hydrogen) atoms. The molecule has 1 aliphatic heterocycles. The number of halogens is 2. The summed E-state index contributed by atoms with van der Waals surface area (Å²) in [6.07, 6.45) is 1.00. The second-order valence-electron chi connectivity index (χ2n) is 1.20. The zero-order valence-corrected chi connectivity index (χ0v) is 7.71. The van der Waals surface area contributed by atoms with Crippen LogP contribution in [0, 0.1) is 0 Å². The molecule has 0 aliphatic carbocycles. The number of alkyl halides is 2. The number of hydrogen-bond donors (Lipinski definition) is 1. The number of carbonyl (C=O) groups excluding carboxylic acids is 1. The van der Waals surface area contributed by atoms with E-state index < -0.39 is 0 Å². The summed E-state index contributed by atoms with van der Waals surface area (Å²) in [5.74, 6) is 0. The number of carbonyl (C=O) groups is 1. The van der Waals surface area contributed by atoms with Gasteiger partial charge in [-0.3, -0.25) is 0 Å². The van der Waals surface area contributed by atoms with Crippen molar-refractivity contribution in [2.45, 2.75) is 7.97 Å². The van der Waals surface area contributed by atoms with Crippen LogP contribution in [0.4, 0.5) is 0 Å². The molecule has 0 saturated carbocycles. The third-order valence-electron chi connectivity index (χ3n) is 0.645. The van der Waals surface area contributed by atoms with Crippen LogP contribution in [-0.2, 0) is 4.79 Å². The first kappa shape index (κ1) is 6.21. The van der Waals surface area contributed by atoms with Gasteiger partial charge in [0.2, 0.25) is 0 Å². The third-order valence-corrected chi connectivity index (χ3v) is 5.15. The fourth-order valence-electron chi connectivity index (χ4n) is 0.226. The van der Waals surface area contributed by atoms with E-state index in [4.69, 9.17) is 0 Å². The van der Waals surface area contributed by atoms with E-state index in [9.17, 15) is 4.79 Å². The van der Waals surface area contributed by atoms with Gasteiger partial charge in [0.25, 0.3) is 0 Å². The van der Waals surface area contributed by atoms with Crippen LogP contribution in [0.1, 0.15) is 0 Å². The first-order valence-electron chi connectivity index (χ1n) is 1.82. The first-order valence-corrected chi connectivity index (χ1v) is 5.39. The van der Waals surface area contributed by atoms with Crippen molar-refractivity contribution >= 4 is 28.9 Å². The van der Waals surface area contributed by atoms with Gasteiger partial charge in [0.15, 0.2) is 0 Å². The summed E-state index contributed by atoms with van der Waals surface area (Å²) in [5, 5.41) is 0. The van der Waals surface area contributed by atoms with Crippen molar-refractivity contribution < 1.29 is 26.3 Å². The molecule has 42 valence electrons. The molecule has 2 atom stereocenters. The standard InChI is InChI=1S/C3H4I2NO/c4-2(1-7)3-5-6-3/h1-3,6H/q-1. The first-order chi connectivity index (χ1) is 3.34. The van der Waals surface area contributed by atoms with Gasteiger partial charge >= 0.3 is 66.7 Å². The van der Waals surface area contributed by atoms with Gasteiger partial charge in [-0.1, -0.05) is 0 Å². The molecule has 0 aromatic rings. The van der Waals surface area contributed by atoms with Gasteiger partial charge in [-0.25, -0.2) is 0 Å². The molecule has 1 N–H and O–H groups in total. The molecule has 0 spiro atoms. The number of hydrogen-bond acceptors (Lipinski definition) is 2. The number of nitrogens with one attached hydrogen (secondary N) is 1. The van der Waals surface area contributed by atoms with Crippen molar-refractivity contribution in [2.75, 3.05) is 0 Å². The van der Waals surface area contributed by atoms with Gasteiger partial charge in [0.05, 0.1) is 0 Å². The summed E-state index contributed by atoms with van der Waals surface area (Å²) in [4.78, 5) is 9.96. The Morgan fingerprint density at radius 1 is 2.00 bits per heavy atom. The molecule has 0 radical (unpaired) electrons. The molecular weight excluding hydrogens is 320 g/mol. The maximum atomic E-state index is 9.96. The molecule has 1 aliphatic rings. The summed E-state index contributed by atoms with van der Waals surface area (Å²) >= 11 is 2.39. The van der Waals surface area contributed by atoms with Crippen molar-refractivity contribution in [1.29, 1.82) is 0 Å². The zero-order chi connectivity index (χ0) is 5.28. The van der Waals surface area contributed by atoms with E-state index in [1.165, 1.54) is 0 Å². The second kappa shape index (κ2) is 2.58. The van der Waals surface area contributed by atoms with Gasteiger partial charge in [-0.15, -0.1) is 0 Å². The van der Waals surface area contributed by atoms with Crippen LogP contribution in [-0.4, -0.2) is 14.3 Å². The quantitative estimate of drug-likeness (QED) is 0.146. The average molecular weight is 324 g/mol. The fourth-order valence-corrected chi connectivity index (χ4v) is 3.11. The van der Waals surface area contributed by atoms with E-state index in [2.05, 4.69) is 26.1 Å². The van der Waals surface area contributed by atoms with Crippen LogP contribution >= 0.6 is 22.6 Å². The minimum atomic E-state index is 0.239. The third kappa shape index (κ3) is 1.80. The van der Waals surface area contributed by atoms with Crippen LogP contribution in [0.3, 0.4) is 0 Å². The molecule has 0 aromatic heterocycles. The molecule has 1 rings (SSSR count). The van der Waals surface area contributed by atoms with Crippen LogP contribution < -0.4 is 25.0 Å². The Morgan fingerprint density at radius 2 is 2.57 bits per heavy atom. The van der Waals surface area contributed by atoms with Crippen molar-refractivity contribution in [3.63, 3.8) is 0 Å². The summed E-state index contributed by atoms with van der Waals surface area (Å²) in [6, 6.07) is 0. The summed E-state index contributed by atoms with van der Waals surface area (Å²) < 4.78 is 3.99. The molecule has 4 heteroatoms. The Kier molecular flexibility index (Phi) is 2.29. The van der Waals surface area contributed by atoms with E-state index in [1.807, 2.05) is 0 Å². The molecular formula is C3H4I2NO-. The van der Waals surface area contributed by atoms with Crippen LogP contribution in [0.25, 0.3) is 0 Å². The van der Waals surface area contributed by atoms with Crippen LogP contribution in [0.5, 0.6) is 0 Å². The topological polar surface area (TPSA) is 39.0 Å². The second-order valence-corrected chi connectivity index (χ2v) is 5.23. The maximum absolute atomic E-state index is 9.96. The summed E-state index contributed by atoms with van der Waals surface area (Å²) in [6.45, 7) is 0. The molecule has 0 aromatic carbocycles. The predicted octanol–water partition coefficient (Wildman–Crippen LogP) is -3.08. The molecule has 0 bridgehead atoms. The van der Waals surface area contributed by atoms with Crippen LogP contribution in [0.15, 0.2) is 0 Å². The Hall–Kier alpha value is 1.09. The van der Waals surface area contributed by atoms with Crippen molar-refractivity contribution in [1.82, 2.24) is 3.53 Å². The Balaban J connectivity index is 2.22. The minimum absolute atomic E-state index is 0.239.